The van der Waals surface area contributed by atoms with Crippen LogP contribution in [0.25, 0.3) is 10.2 Å². The van der Waals surface area contributed by atoms with Crippen LogP contribution < -0.4 is 5.32 Å². The molecule has 0 fully saturated rings. The van der Waals surface area contributed by atoms with Gasteiger partial charge in [0.2, 0.25) is 5.91 Å². The van der Waals surface area contributed by atoms with E-state index in [1.165, 1.54) is 28.6 Å². The lowest BCUT2D eigenvalue weighted by molar-refractivity contribution is -0.118. The van der Waals surface area contributed by atoms with E-state index in [4.69, 9.17) is 6.42 Å². The molecule has 2 aromatic heterocycles. The van der Waals surface area contributed by atoms with Gasteiger partial charge in [0.15, 0.2) is 0 Å². The van der Waals surface area contributed by atoms with Gasteiger partial charge in [0, 0.05) is 10.3 Å². The summed E-state index contributed by atoms with van der Waals surface area (Å²) in [7, 11) is 0. The third-order valence-corrected chi connectivity index (χ3v) is 5.94. The number of thiophene rings is 1. The zero-order valence-electron chi connectivity index (χ0n) is 12.4. The van der Waals surface area contributed by atoms with Crippen molar-refractivity contribution in [1.29, 1.82) is 0 Å². The number of aryl methyl sites for hydroxylation is 1. The Balaban J connectivity index is 1.84. The van der Waals surface area contributed by atoms with Crippen molar-refractivity contribution in [2.45, 2.75) is 31.2 Å². The Hall–Kier alpha value is -1.58. The average Bonchev–Trinajstić information content (AvgIpc) is 2.88. The molecule has 2 aromatic rings. The fraction of sp³-hybridized carbons (Fsp3) is 0.438. The van der Waals surface area contributed by atoms with E-state index in [2.05, 4.69) is 28.1 Å². The summed E-state index contributed by atoms with van der Waals surface area (Å²) in [6, 6.07) is 0. The summed E-state index contributed by atoms with van der Waals surface area (Å²) in [5.74, 6) is 3.40. The number of hydrogen-bond acceptors (Lipinski definition) is 5. The highest BCUT2D eigenvalue weighted by Gasteiger charge is 2.23. The monoisotopic (exact) mass is 331 g/mol. The van der Waals surface area contributed by atoms with Crippen LogP contribution in [0.1, 0.15) is 23.8 Å². The van der Waals surface area contributed by atoms with Crippen LogP contribution in [0.2, 0.25) is 0 Å². The highest BCUT2D eigenvalue weighted by atomic mass is 32.2. The number of thioether (sulfide) groups is 1. The lowest BCUT2D eigenvalue weighted by atomic mass is 9.89. The number of aromatic nitrogens is 2. The molecule has 3 rings (SSSR count). The summed E-state index contributed by atoms with van der Waals surface area (Å²) < 4.78 is 0. The van der Waals surface area contributed by atoms with Gasteiger partial charge in [0.25, 0.3) is 0 Å². The molecule has 6 heteroatoms. The van der Waals surface area contributed by atoms with E-state index >= 15 is 0 Å². The number of amides is 1. The molecule has 4 nitrogen and oxygen atoms in total. The first kappa shape index (κ1) is 15.3. The molecule has 1 atom stereocenters. The van der Waals surface area contributed by atoms with Crippen LogP contribution in [-0.2, 0) is 17.6 Å². The Bertz CT molecular complexity index is 748. The Morgan fingerprint density at radius 2 is 2.45 bits per heavy atom. The average molecular weight is 331 g/mol. The second-order valence-electron chi connectivity index (χ2n) is 5.48. The van der Waals surface area contributed by atoms with Crippen LogP contribution in [0.15, 0.2) is 11.4 Å². The quantitative estimate of drug-likeness (QED) is 0.532. The topological polar surface area (TPSA) is 54.9 Å². The summed E-state index contributed by atoms with van der Waals surface area (Å²) in [6.45, 7) is 2.56. The van der Waals surface area contributed by atoms with Gasteiger partial charge in [-0.05, 0) is 30.7 Å². The van der Waals surface area contributed by atoms with Crippen LogP contribution in [0.4, 0.5) is 0 Å². The van der Waals surface area contributed by atoms with Crippen LogP contribution in [0.3, 0.4) is 0 Å². The number of terminal acetylenes is 1. The Morgan fingerprint density at radius 3 is 3.27 bits per heavy atom. The van der Waals surface area contributed by atoms with Gasteiger partial charge in [-0.15, -0.1) is 17.8 Å². The van der Waals surface area contributed by atoms with E-state index in [9.17, 15) is 4.79 Å². The van der Waals surface area contributed by atoms with E-state index in [-0.39, 0.29) is 12.5 Å². The first-order chi connectivity index (χ1) is 10.7. The van der Waals surface area contributed by atoms with Crippen molar-refractivity contribution in [2.75, 3.05) is 12.3 Å². The number of hydrogen-bond donors (Lipinski definition) is 1. The number of fused-ring (bicyclic) bond motifs is 3. The van der Waals surface area contributed by atoms with Gasteiger partial charge in [-0.2, -0.15) is 0 Å². The Morgan fingerprint density at radius 1 is 1.59 bits per heavy atom. The molecule has 1 N–H and O–H groups in total. The van der Waals surface area contributed by atoms with Gasteiger partial charge in [0.1, 0.15) is 16.2 Å². The lowest BCUT2D eigenvalue weighted by Crippen LogP contribution is -2.25. The fourth-order valence-electron chi connectivity index (χ4n) is 2.69. The molecule has 1 amide bonds. The minimum Gasteiger partial charge on any atom is -0.344 e. The van der Waals surface area contributed by atoms with Crippen LogP contribution in [0, 0.1) is 18.3 Å². The van der Waals surface area contributed by atoms with Crippen molar-refractivity contribution in [3.8, 4) is 12.3 Å². The van der Waals surface area contributed by atoms with Gasteiger partial charge >= 0.3 is 0 Å². The van der Waals surface area contributed by atoms with Crippen molar-refractivity contribution < 1.29 is 4.79 Å². The lowest BCUT2D eigenvalue weighted by Gasteiger charge is -2.18. The molecule has 114 valence electrons. The molecule has 1 aliphatic rings. The smallest absolute Gasteiger partial charge is 0.231 e. The van der Waals surface area contributed by atoms with Gasteiger partial charge in [-0.3, -0.25) is 4.79 Å². The van der Waals surface area contributed by atoms with Crippen LogP contribution >= 0.6 is 23.1 Å². The second-order valence-corrected chi connectivity index (χ2v) is 7.53. The molecule has 0 saturated carbocycles. The SMILES string of the molecule is C#CCNC(=O)CSc1ncnc2sc3c(c12)CC[C@@H](C)C3. The largest absolute Gasteiger partial charge is 0.344 e. The maximum absolute atomic E-state index is 11.7. The predicted octanol–water partition coefficient (Wildman–Crippen LogP) is 2.66. The van der Waals surface area contributed by atoms with Gasteiger partial charge in [-0.1, -0.05) is 24.6 Å². The number of carbonyl (C=O) groups is 1. The zero-order valence-corrected chi connectivity index (χ0v) is 14.0. The van der Waals surface area contributed by atoms with Crippen molar-refractivity contribution >= 4 is 39.2 Å². The van der Waals surface area contributed by atoms with Crippen molar-refractivity contribution in [3.05, 3.63) is 16.8 Å². The van der Waals surface area contributed by atoms with E-state index in [0.29, 0.717) is 5.75 Å². The summed E-state index contributed by atoms with van der Waals surface area (Å²) in [5.41, 5.74) is 1.39. The summed E-state index contributed by atoms with van der Waals surface area (Å²) >= 11 is 3.24. The molecule has 0 bridgehead atoms. The number of nitrogens with zero attached hydrogens (tertiary/aromatic N) is 2. The molecule has 0 radical (unpaired) electrons. The number of rotatable bonds is 4. The second kappa shape index (κ2) is 6.67. The molecule has 1 aliphatic carbocycles. The highest BCUT2D eigenvalue weighted by molar-refractivity contribution is 8.00. The number of nitrogens with one attached hydrogen (secondary N) is 1. The highest BCUT2D eigenvalue weighted by Crippen LogP contribution is 2.40. The Kier molecular flexibility index (Phi) is 4.65. The summed E-state index contributed by atoms with van der Waals surface area (Å²) in [4.78, 5) is 23.0. The maximum Gasteiger partial charge on any atom is 0.231 e. The molecule has 0 saturated heterocycles. The summed E-state index contributed by atoms with van der Waals surface area (Å²) in [5, 5.41) is 4.74. The van der Waals surface area contributed by atoms with Crippen LogP contribution in [0.5, 0.6) is 0 Å². The maximum atomic E-state index is 11.7. The molecule has 2 heterocycles. The molecule has 22 heavy (non-hydrogen) atoms. The first-order valence-electron chi connectivity index (χ1n) is 7.27. The molecule has 0 spiro atoms. The molecular weight excluding hydrogens is 314 g/mol. The van der Waals surface area contributed by atoms with Crippen molar-refractivity contribution in [3.63, 3.8) is 0 Å². The standard InChI is InChI=1S/C16H17N3OS2/c1-3-6-17-13(20)8-21-15-14-11-5-4-10(2)7-12(11)22-16(14)19-9-18-15/h1,9-10H,4-8H2,2H3,(H,17,20)/t10-/m1/s1. The van der Waals surface area contributed by atoms with E-state index in [0.717, 1.165) is 34.0 Å². The third kappa shape index (κ3) is 3.11. The molecule has 0 aliphatic heterocycles. The fourth-order valence-corrected chi connectivity index (χ4v) is 4.96. The molecule has 0 unspecified atom stereocenters. The van der Waals surface area contributed by atoms with E-state index in [1.54, 1.807) is 17.7 Å². The minimum atomic E-state index is -0.0626. The van der Waals surface area contributed by atoms with Crippen molar-refractivity contribution in [1.82, 2.24) is 15.3 Å². The zero-order chi connectivity index (χ0) is 15.5. The number of carbonyl (C=O) groups excluding carboxylic acids is 1. The summed E-state index contributed by atoms with van der Waals surface area (Å²) in [6.07, 6.45) is 10.2. The Labute approximate surface area is 138 Å². The van der Waals surface area contributed by atoms with E-state index in [1.807, 2.05) is 0 Å². The van der Waals surface area contributed by atoms with Crippen molar-refractivity contribution in [2.24, 2.45) is 5.92 Å². The molecular formula is C16H17N3OS2. The van der Waals surface area contributed by atoms with E-state index < -0.39 is 0 Å². The first-order valence-corrected chi connectivity index (χ1v) is 9.07. The van der Waals surface area contributed by atoms with Gasteiger partial charge in [-0.25, -0.2) is 9.97 Å². The normalized spacial score (nSPS) is 17.0. The predicted molar refractivity (Wildman–Crippen MR) is 91.2 cm³/mol. The van der Waals surface area contributed by atoms with Gasteiger partial charge in [0.05, 0.1) is 12.3 Å². The van der Waals surface area contributed by atoms with Crippen LogP contribution in [-0.4, -0.2) is 28.2 Å². The van der Waals surface area contributed by atoms with Gasteiger partial charge < -0.3 is 5.32 Å². The minimum absolute atomic E-state index is 0.0626. The molecule has 0 aromatic carbocycles. The third-order valence-electron chi connectivity index (χ3n) is 3.78.